The smallest absolute Gasteiger partial charge is 0.338 e. The van der Waals surface area contributed by atoms with Crippen molar-refractivity contribution in [2.45, 2.75) is 32.7 Å². The molecule has 3 heterocycles. The van der Waals surface area contributed by atoms with Crippen molar-refractivity contribution in [3.63, 3.8) is 0 Å². The van der Waals surface area contributed by atoms with Gasteiger partial charge >= 0.3 is 5.97 Å². The van der Waals surface area contributed by atoms with Crippen molar-refractivity contribution < 1.29 is 13.9 Å². The zero-order valence-electron chi connectivity index (χ0n) is 14.9. The Hall–Kier alpha value is -3.02. The Bertz CT molecular complexity index is 970. The highest BCUT2D eigenvalue weighted by Gasteiger charge is 2.37. The predicted octanol–water partition coefficient (Wildman–Crippen LogP) is 4.26. The summed E-state index contributed by atoms with van der Waals surface area (Å²) >= 11 is 0. The van der Waals surface area contributed by atoms with E-state index in [0.717, 1.165) is 29.6 Å². The summed E-state index contributed by atoms with van der Waals surface area (Å²) in [6, 6.07) is 11.2. The Morgan fingerprint density at radius 2 is 2.12 bits per heavy atom. The van der Waals surface area contributed by atoms with Gasteiger partial charge in [-0.2, -0.15) is 0 Å². The largest absolute Gasteiger partial charge is 0.467 e. The van der Waals surface area contributed by atoms with E-state index < -0.39 is 6.04 Å². The van der Waals surface area contributed by atoms with Crippen molar-refractivity contribution in [3.8, 4) is 0 Å². The highest BCUT2D eigenvalue weighted by atomic mass is 16.5. The van der Waals surface area contributed by atoms with Gasteiger partial charge in [-0.3, -0.25) is 4.57 Å². The van der Waals surface area contributed by atoms with Gasteiger partial charge in [-0.25, -0.2) is 9.78 Å². The summed E-state index contributed by atoms with van der Waals surface area (Å²) in [4.78, 5) is 17.6. The molecule has 6 heteroatoms. The van der Waals surface area contributed by atoms with E-state index in [-0.39, 0.29) is 5.97 Å². The summed E-state index contributed by atoms with van der Waals surface area (Å²) in [7, 11) is 0. The van der Waals surface area contributed by atoms with Crippen LogP contribution in [0.5, 0.6) is 0 Å². The number of anilines is 1. The maximum absolute atomic E-state index is 12.9. The molecule has 0 radical (unpaired) electrons. The first kappa shape index (κ1) is 16.4. The Balaban J connectivity index is 1.97. The zero-order chi connectivity index (χ0) is 18.1. The van der Waals surface area contributed by atoms with Crippen LogP contribution in [0.25, 0.3) is 11.0 Å². The number of hydrogen-bond donors (Lipinski definition) is 1. The molecule has 0 amide bonds. The third-order valence-corrected chi connectivity index (χ3v) is 4.52. The van der Waals surface area contributed by atoms with E-state index >= 15 is 0 Å². The quantitative estimate of drug-likeness (QED) is 0.696. The molecule has 0 aliphatic carbocycles. The lowest BCUT2D eigenvalue weighted by molar-refractivity contribution is -0.139. The molecule has 134 valence electrons. The molecule has 1 atom stereocenters. The first-order valence-electron chi connectivity index (χ1n) is 8.92. The van der Waals surface area contributed by atoms with Gasteiger partial charge in [0, 0.05) is 5.70 Å². The van der Waals surface area contributed by atoms with E-state index in [9.17, 15) is 4.79 Å². The van der Waals surface area contributed by atoms with Crippen LogP contribution in [0, 0.1) is 0 Å². The minimum atomic E-state index is -0.408. The summed E-state index contributed by atoms with van der Waals surface area (Å²) < 4.78 is 13.1. The maximum Gasteiger partial charge on any atom is 0.338 e. The fraction of sp³-hybridized carbons (Fsp3) is 0.300. The number of carbonyl (C=O) groups is 1. The number of fused-ring (bicyclic) bond motifs is 3. The van der Waals surface area contributed by atoms with E-state index in [0.29, 0.717) is 23.9 Å². The summed E-state index contributed by atoms with van der Waals surface area (Å²) in [6.45, 7) is 4.22. The first-order chi connectivity index (χ1) is 12.7. The van der Waals surface area contributed by atoms with Crippen molar-refractivity contribution in [3.05, 3.63) is 59.7 Å². The molecule has 6 nitrogen and oxygen atoms in total. The van der Waals surface area contributed by atoms with E-state index in [2.05, 4.69) is 12.2 Å². The Labute approximate surface area is 151 Å². The number of allylic oxidation sites excluding steroid dienone is 1. The standard InChI is InChI=1S/C20H21N3O3/c1-3-8-14-17(19(24)25-4-2)18(16-11-7-12-26-16)23-15-10-6-5-9-13(15)21-20(23)22-14/h5-7,9-12,18H,3-4,8H2,1-2H3,(H,21,22)/t18-/m1/s1. The van der Waals surface area contributed by atoms with Crippen LogP contribution in [0.3, 0.4) is 0 Å². The predicted molar refractivity (Wildman–Crippen MR) is 98.8 cm³/mol. The fourth-order valence-electron chi connectivity index (χ4n) is 3.50. The van der Waals surface area contributed by atoms with Crippen LogP contribution in [-0.4, -0.2) is 22.1 Å². The third-order valence-electron chi connectivity index (χ3n) is 4.52. The molecule has 0 spiro atoms. The van der Waals surface area contributed by atoms with Crippen molar-refractivity contribution >= 4 is 23.0 Å². The van der Waals surface area contributed by atoms with E-state index in [1.54, 1.807) is 6.26 Å². The third kappa shape index (κ3) is 2.58. The number of rotatable bonds is 5. The van der Waals surface area contributed by atoms with Gasteiger partial charge < -0.3 is 14.5 Å². The Morgan fingerprint density at radius 3 is 2.85 bits per heavy atom. The second kappa shape index (κ2) is 6.71. The first-order valence-corrected chi connectivity index (χ1v) is 8.92. The minimum Gasteiger partial charge on any atom is -0.467 e. The molecule has 1 aliphatic heterocycles. The highest BCUT2D eigenvalue weighted by Crippen LogP contribution is 2.40. The van der Waals surface area contributed by atoms with Gasteiger partial charge in [-0.05, 0) is 37.6 Å². The SMILES string of the molecule is CCCC1=C(C(=O)OCC)[C@@H](c2ccco2)n2c(nc3ccccc32)N1. The molecular weight excluding hydrogens is 330 g/mol. The normalized spacial score (nSPS) is 16.5. The number of para-hydroxylation sites is 2. The van der Waals surface area contributed by atoms with Crippen LogP contribution in [0.15, 0.2) is 58.3 Å². The van der Waals surface area contributed by atoms with Gasteiger partial charge in [0.1, 0.15) is 11.8 Å². The number of ether oxygens (including phenoxy) is 1. The molecule has 0 saturated carbocycles. The topological polar surface area (TPSA) is 69.3 Å². The van der Waals surface area contributed by atoms with E-state index in [1.165, 1.54) is 0 Å². The summed E-state index contributed by atoms with van der Waals surface area (Å²) in [5, 5.41) is 3.36. The average molecular weight is 351 g/mol. The van der Waals surface area contributed by atoms with Crippen molar-refractivity contribution in [1.82, 2.24) is 9.55 Å². The molecule has 2 aromatic heterocycles. The number of furan rings is 1. The van der Waals surface area contributed by atoms with Crippen LogP contribution in [0.2, 0.25) is 0 Å². The molecule has 0 unspecified atom stereocenters. The van der Waals surface area contributed by atoms with Crippen LogP contribution in [-0.2, 0) is 9.53 Å². The van der Waals surface area contributed by atoms with Crippen molar-refractivity contribution in [1.29, 1.82) is 0 Å². The van der Waals surface area contributed by atoms with Gasteiger partial charge in [0.25, 0.3) is 0 Å². The summed E-state index contributed by atoms with van der Waals surface area (Å²) in [6.07, 6.45) is 3.25. The number of imidazole rings is 1. The van der Waals surface area contributed by atoms with Crippen LogP contribution < -0.4 is 5.32 Å². The van der Waals surface area contributed by atoms with Gasteiger partial charge in [0.2, 0.25) is 5.95 Å². The lowest BCUT2D eigenvalue weighted by atomic mass is 9.97. The zero-order valence-corrected chi connectivity index (χ0v) is 14.9. The molecule has 0 bridgehead atoms. The molecule has 0 fully saturated rings. The number of nitrogens with zero attached hydrogens (tertiary/aromatic N) is 2. The minimum absolute atomic E-state index is 0.324. The Kier molecular flexibility index (Phi) is 4.24. The van der Waals surface area contributed by atoms with E-state index in [1.807, 2.05) is 47.9 Å². The maximum atomic E-state index is 12.9. The van der Waals surface area contributed by atoms with Crippen molar-refractivity contribution in [2.24, 2.45) is 0 Å². The number of esters is 1. The number of aromatic nitrogens is 2. The number of hydrogen-bond acceptors (Lipinski definition) is 5. The molecule has 3 aromatic rings. The highest BCUT2D eigenvalue weighted by molar-refractivity contribution is 5.94. The molecule has 4 rings (SSSR count). The molecule has 1 N–H and O–H groups in total. The van der Waals surface area contributed by atoms with Gasteiger partial charge in [0.15, 0.2) is 0 Å². The molecule has 1 aromatic carbocycles. The number of nitrogens with one attached hydrogen (secondary N) is 1. The summed E-state index contributed by atoms with van der Waals surface area (Å²) in [5.74, 6) is 1.07. The fourth-order valence-corrected chi connectivity index (χ4v) is 3.50. The second-order valence-electron chi connectivity index (χ2n) is 6.20. The molecule has 0 saturated heterocycles. The van der Waals surface area contributed by atoms with E-state index in [4.69, 9.17) is 14.1 Å². The van der Waals surface area contributed by atoms with Gasteiger partial charge in [-0.15, -0.1) is 0 Å². The second-order valence-corrected chi connectivity index (χ2v) is 6.20. The molecule has 26 heavy (non-hydrogen) atoms. The van der Waals surface area contributed by atoms with Crippen LogP contribution >= 0.6 is 0 Å². The lowest BCUT2D eigenvalue weighted by Gasteiger charge is -2.29. The molecule has 1 aliphatic rings. The monoisotopic (exact) mass is 351 g/mol. The van der Waals surface area contributed by atoms with Gasteiger partial charge in [-0.1, -0.05) is 25.5 Å². The van der Waals surface area contributed by atoms with Crippen LogP contribution in [0.4, 0.5) is 5.95 Å². The van der Waals surface area contributed by atoms with Gasteiger partial charge in [0.05, 0.1) is 29.5 Å². The Morgan fingerprint density at radius 1 is 1.27 bits per heavy atom. The summed E-state index contributed by atoms with van der Waals surface area (Å²) in [5.41, 5.74) is 3.23. The number of benzene rings is 1. The average Bonchev–Trinajstić information content (AvgIpc) is 3.28. The number of carbonyl (C=O) groups excluding carboxylic acids is 1. The molecular formula is C20H21N3O3. The van der Waals surface area contributed by atoms with Crippen LogP contribution in [0.1, 0.15) is 38.5 Å². The van der Waals surface area contributed by atoms with Crippen molar-refractivity contribution in [2.75, 3.05) is 11.9 Å². The lowest BCUT2D eigenvalue weighted by Crippen LogP contribution is -2.29.